The van der Waals surface area contributed by atoms with E-state index in [1.165, 1.54) is 4.68 Å². The highest BCUT2D eigenvalue weighted by molar-refractivity contribution is 9.10. The fourth-order valence-corrected chi connectivity index (χ4v) is 2.20. The summed E-state index contributed by atoms with van der Waals surface area (Å²) in [5.41, 5.74) is 7.56. The molecular weight excluding hydrogens is 362 g/mol. The zero-order valence-corrected chi connectivity index (χ0v) is 13.3. The first kappa shape index (κ1) is 14.9. The van der Waals surface area contributed by atoms with Crippen LogP contribution in [0.4, 0.5) is 5.82 Å². The topological polar surface area (TPSA) is 60.9 Å². The molecule has 6 heteroatoms. The van der Waals surface area contributed by atoms with Gasteiger partial charge in [-0.3, -0.25) is 9.48 Å². The van der Waals surface area contributed by atoms with Gasteiger partial charge in [-0.2, -0.15) is 5.10 Å². The molecule has 2 N–H and O–H groups in total. The number of carbonyl (C=O) groups is 1. The maximum atomic E-state index is 12.4. The number of rotatable bonds is 2. The number of nitrogens with zero attached hydrogens (tertiary/aromatic N) is 2. The molecule has 0 aliphatic rings. The van der Waals surface area contributed by atoms with Gasteiger partial charge in [-0.05, 0) is 19.1 Å². The Balaban J connectivity index is 0.00000162. The number of aromatic nitrogens is 2. The van der Waals surface area contributed by atoms with Gasteiger partial charge in [-0.1, -0.05) is 28.1 Å². The Labute approximate surface area is 124 Å². The minimum atomic E-state index is -0.111. The van der Waals surface area contributed by atoms with Crippen LogP contribution in [0.5, 0.6) is 0 Å². The summed E-state index contributed by atoms with van der Waals surface area (Å²) in [7, 11) is 1.72. The Morgan fingerprint density at radius 3 is 2.50 bits per heavy atom. The highest BCUT2D eigenvalue weighted by atomic mass is 79.9. The van der Waals surface area contributed by atoms with Crippen LogP contribution in [0, 0.1) is 6.92 Å². The number of nitrogens with two attached hydrogens (primary N) is 1. The predicted molar refractivity (Wildman–Crippen MR) is 80.3 cm³/mol. The second-order valence-corrected chi connectivity index (χ2v) is 4.63. The summed E-state index contributed by atoms with van der Waals surface area (Å²) >= 11 is 3.36. The summed E-state index contributed by atoms with van der Waals surface area (Å²) < 4.78 is 2.27. The highest BCUT2D eigenvalue weighted by Crippen LogP contribution is 2.24. The van der Waals surface area contributed by atoms with Crippen molar-refractivity contribution >= 4 is 44.5 Å². The third-order valence-electron chi connectivity index (χ3n) is 2.61. The number of benzene rings is 1. The number of halogens is 2. The lowest BCUT2D eigenvalue weighted by Gasteiger charge is -2.03. The molecule has 0 saturated heterocycles. The molecule has 0 unspecified atom stereocenters. The van der Waals surface area contributed by atoms with Gasteiger partial charge in [0.25, 0.3) is 0 Å². The number of nitrogen functional groups attached to an aromatic ring is 1. The molecule has 2 aromatic rings. The van der Waals surface area contributed by atoms with Gasteiger partial charge in [0.05, 0.1) is 11.3 Å². The maximum Gasteiger partial charge on any atom is 0.199 e. The number of hydrogen-bond acceptors (Lipinski definition) is 3. The predicted octanol–water partition coefficient (Wildman–Crippen LogP) is 2.88. The quantitative estimate of drug-likeness (QED) is 0.822. The molecule has 0 spiro atoms. The molecule has 0 aliphatic heterocycles. The van der Waals surface area contributed by atoms with E-state index in [1.54, 1.807) is 20.0 Å². The molecule has 4 nitrogen and oxygen atoms in total. The number of aryl methyl sites for hydroxylation is 2. The van der Waals surface area contributed by atoms with Gasteiger partial charge in [-0.25, -0.2) is 0 Å². The standard InChI is InChI=1S/C12H12BrN3O.BrH/c1-7-10(12(14)16(2)15-7)11(17)8-5-3-4-6-9(8)13;/h3-6H,14H2,1-2H3;1H. The fourth-order valence-electron chi connectivity index (χ4n) is 1.74. The second-order valence-electron chi connectivity index (χ2n) is 3.78. The number of hydrogen-bond donors (Lipinski definition) is 1. The molecule has 0 atom stereocenters. The fraction of sp³-hybridized carbons (Fsp3) is 0.167. The third kappa shape index (κ3) is 2.49. The summed E-state index contributed by atoms with van der Waals surface area (Å²) in [5.74, 6) is 0.281. The van der Waals surface area contributed by atoms with Crippen LogP contribution in [0.25, 0.3) is 0 Å². The van der Waals surface area contributed by atoms with Gasteiger partial charge in [0.1, 0.15) is 5.82 Å². The van der Waals surface area contributed by atoms with Crippen LogP contribution in [0.15, 0.2) is 28.7 Å². The number of ketones is 1. The van der Waals surface area contributed by atoms with Crippen LogP contribution in [-0.4, -0.2) is 15.6 Å². The Hall–Kier alpha value is -1.14. The molecule has 96 valence electrons. The van der Waals surface area contributed by atoms with Crippen LogP contribution >= 0.6 is 32.9 Å². The van der Waals surface area contributed by atoms with Gasteiger partial charge in [0.15, 0.2) is 5.78 Å². The number of carbonyl (C=O) groups excluding carboxylic acids is 1. The van der Waals surface area contributed by atoms with Gasteiger partial charge < -0.3 is 5.73 Å². The van der Waals surface area contributed by atoms with Crippen molar-refractivity contribution in [3.63, 3.8) is 0 Å². The van der Waals surface area contributed by atoms with Crippen LogP contribution < -0.4 is 5.73 Å². The average Bonchev–Trinajstić information content (AvgIpc) is 2.53. The van der Waals surface area contributed by atoms with Crippen molar-refractivity contribution in [2.24, 2.45) is 7.05 Å². The van der Waals surface area contributed by atoms with E-state index in [0.717, 1.165) is 4.47 Å². The summed E-state index contributed by atoms with van der Waals surface area (Å²) in [6.45, 7) is 1.78. The lowest BCUT2D eigenvalue weighted by molar-refractivity contribution is 0.103. The smallest absolute Gasteiger partial charge is 0.199 e. The maximum absolute atomic E-state index is 12.4. The molecule has 0 amide bonds. The first-order valence-corrected chi connectivity index (χ1v) is 5.90. The monoisotopic (exact) mass is 373 g/mol. The van der Waals surface area contributed by atoms with E-state index in [0.29, 0.717) is 22.6 Å². The van der Waals surface area contributed by atoms with E-state index in [1.807, 2.05) is 18.2 Å². The molecule has 18 heavy (non-hydrogen) atoms. The summed E-state index contributed by atoms with van der Waals surface area (Å²) in [4.78, 5) is 12.4. The first-order chi connectivity index (χ1) is 8.02. The Morgan fingerprint density at radius 1 is 1.39 bits per heavy atom. The van der Waals surface area contributed by atoms with Crippen molar-refractivity contribution in [2.45, 2.75) is 6.92 Å². The summed E-state index contributed by atoms with van der Waals surface area (Å²) in [6.07, 6.45) is 0. The Kier molecular flexibility index (Phi) is 4.70. The van der Waals surface area contributed by atoms with Crippen molar-refractivity contribution in [3.8, 4) is 0 Å². The molecular formula is C12H13Br2N3O. The SMILES string of the molecule is Br.Cc1nn(C)c(N)c1C(=O)c1ccccc1Br. The van der Waals surface area contributed by atoms with Crippen molar-refractivity contribution in [1.82, 2.24) is 9.78 Å². The van der Waals surface area contributed by atoms with Crippen LogP contribution in [0.3, 0.4) is 0 Å². The molecule has 0 bridgehead atoms. The molecule has 0 saturated carbocycles. The summed E-state index contributed by atoms with van der Waals surface area (Å²) in [5, 5.41) is 4.14. The van der Waals surface area contributed by atoms with Crippen LogP contribution in [-0.2, 0) is 7.05 Å². The van der Waals surface area contributed by atoms with Gasteiger partial charge >= 0.3 is 0 Å². The third-order valence-corrected chi connectivity index (χ3v) is 3.30. The van der Waals surface area contributed by atoms with Crippen LogP contribution in [0.2, 0.25) is 0 Å². The first-order valence-electron chi connectivity index (χ1n) is 5.10. The summed E-state index contributed by atoms with van der Waals surface area (Å²) in [6, 6.07) is 7.27. The molecule has 1 aromatic heterocycles. The van der Waals surface area contributed by atoms with E-state index >= 15 is 0 Å². The second kappa shape index (κ2) is 5.67. The van der Waals surface area contributed by atoms with E-state index < -0.39 is 0 Å². The Morgan fingerprint density at radius 2 is 2.00 bits per heavy atom. The van der Waals surface area contributed by atoms with Crippen molar-refractivity contribution in [2.75, 3.05) is 5.73 Å². The minimum Gasteiger partial charge on any atom is -0.383 e. The average molecular weight is 375 g/mol. The van der Waals surface area contributed by atoms with Crippen molar-refractivity contribution in [1.29, 1.82) is 0 Å². The lowest BCUT2D eigenvalue weighted by atomic mass is 10.0. The largest absolute Gasteiger partial charge is 0.383 e. The van der Waals surface area contributed by atoms with Gasteiger partial charge in [0.2, 0.25) is 0 Å². The normalized spacial score (nSPS) is 9.94. The zero-order valence-electron chi connectivity index (χ0n) is 9.98. The van der Waals surface area contributed by atoms with Crippen molar-refractivity contribution < 1.29 is 4.79 Å². The van der Waals surface area contributed by atoms with Gasteiger partial charge in [-0.15, -0.1) is 17.0 Å². The van der Waals surface area contributed by atoms with Crippen molar-refractivity contribution in [3.05, 3.63) is 45.6 Å². The van der Waals surface area contributed by atoms with E-state index in [4.69, 9.17) is 5.73 Å². The van der Waals surface area contributed by atoms with E-state index in [-0.39, 0.29) is 22.8 Å². The lowest BCUT2D eigenvalue weighted by Crippen LogP contribution is -2.07. The molecule has 0 radical (unpaired) electrons. The molecule has 1 heterocycles. The van der Waals surface area contributed by atoms with E-state index in [9.17, 15) is 4.79 Å². The minimum absolute atomic E-state index is 0. The highest BCUT2D eigenvalue weighted by Gasteiger charge is 2.21. The molecule has 0 fully saturated rings. The van der Waals surface area contributed by atoms with Gasteiger partial charge in [0, 0.05) is 17.1 Å². The zero-order chi connectivity index (χ0) is 12.6. The molecule has 2 rings (SSSR count). The Bertz CT molecular complexity index is 593. The van der Waals surface area contributed by atoms with E-state index in [2.05, 4.69) is 21.0 Å². The number of anilines is 1. The van der Waals surface area contributed by atoms with Crippen LogP contribution in [0.1, 0.15) is 21.6 Å². The molecule has 0 aliphatic carbocycles. The molecule has 1 aromatic carbocycles.